The minimum Gasteiger partial charge on any atom is -0.369 e. The van der Waals surface area contributed by atoms with Gasteiger partial charge in [-0.1, -0.05) is 36.4 Å². The van der Waals surface area contributed by atoms with Crippen molar-refractivity contribution in [1.29, 1.82) is 0 Å². The summed E-state index contributed by atoms with van der Waals surface area (Å²) in [6, 6.07) is 21.9. The van der Waals surface area contributed by atoms with Crippen molar-refractivity contribution in [2.45, 2.75) is 32.9 Å². The van der Waals surface area contributed by atoms with Crippen LogP contribution in [0.1, 0.15) is 29.0 Å². The van der Waals surface area contributed by atoms with Gasteiger partial charge in [-0.05, 0) is 73.8 Å². The zero-order chi connectivity index (χ0) is 22.5. The number of aryl methyl sites for hydroxylation is 1. The lowest BCUT2D eigenvalue weighted by Gasteiger charge is -2.42. The molecule has 1 aliphatic rings. The molecule has 0 aliphatic carbocycles. The Bertz CT molecular complexity index is 1010. The van der Waals surface area contributed by atoms with Gasteiger partial charge in [-0.25, -0.2) is 0 Å². The predicted molar refractivity (Wildman–Crippen MR) is 142 cm³/mol. The van der Waals surface area contributed by atoms with Gasteiger partial charge < -0.3 is 15.5 Å². The number of anilines is 2. The SMILES string of the molecule is Cc1cccc(NC(=S)NC(C)C(c2cccs2)N2CCN(c3ccccc3)CC2)c1C. The van der Waals surface area contributed by atoms with Crippen LogP contribution in [0, 0.1) is 13.8 Å². The summed E-state index contributed by atoms with van der Waals surface area (Å²) in [4.78, 5) is 6.46. The maximum absolute atomic E-state index is 5.70. The standard InChI is InChI=1S/C26H32N4S2/c1-19-9-7-12-23(20(19)2)28-26(31)27-21(3)25(24-13-8-18-32-24)30-16-14-29(15-17-30)22-10-5-4-6-11-22/h4-13,18,21,25H,14-17H2,1-3H3,(H2,27,28,31). The van der Waals surface area contributed by atoms with E-state index in [0.29, 0.717) is 5.11 Å². The second-order valence-corrected chi connectivity index (χ2v) is 9.84. The van der Waals surface area contributed by atoms with Crippen molar-refractivity contribution >= 4 is 40.0 Å². The number of para-hydroxylation sites is 1. The average Bonchev–Trinajstić information content (AvgIpc) is 3.32. The van der Waals surface area contributed by atoms with Crippen molar-refractivity contribution in [3.8, 4) is 0 Å². The highest BCUT2D eigenvalue weighted by Gasteiger charge is 2.30. The van der Waals surface area contributed by atoms with Crippen LogP contribution in [-0.4, -0.2) is 42.2 Å². The Hall–Kier alpha value is -2.41. The Kier molecular flexibility index (Phi) is 7.45. The molecule has 1 fully saturated rings. The molecule has 0 spiro atoms. The van der Waals surface area contributed by atoms with Gasteiger partial charge in [-0.3, -0.25) is 4.90 Å². The quantitative estimate of drug-likeness (QED) is 0.464. The highest BCUT2D eigenvalue weighted by atomic mass is 32.1. The van der Waals surface area contributed by atoms with Crippen LogP contribution < -0.4 is 15.5 Å². The lowest BCUT2D eigenvalue weighted by molar-refractivity contribution is 0.163. The molecular weight excluding hydrogens is 432 g/mol. The molecule has 0 amide bonds. The van der Waals surface area contributed by atoms with Crippen LogP contribution in [0.5, 0.6) is 0 Å². The van der Waals surface area contributed by atoms with Gasteiger partial charge >= 0.3 is 0 Å². The number of hydrogen-bond donors (Lipinski definition) is 2. The van der Waals surface area contributed by atoms with Crippen LogP contribution >= 0.6 is 23.6 Å². The van der Waals surface area contributed by atoms with Gasteiger partial charge in [0.2, 0.25) is 0 Å². The Morgan fingerprint density at radius 2 is 1.69 bits per heavy atom. The van der Waals surface area contributed by atoms with E-state index in [-0.39, 0.29) is 12.1 Å². The summed E-state index contributed by atoms with van der Waals surface area (Å²) in [5, 5.41) is 9.83. The van der Waals surface area contributed by atoms with Crippen LogP contribution in [0.2, 0.25) is 0 Å². The van der Waals surface area contributed by atoms with Gasteiger partial charge in [0.15, 0.2) is 5.11 Å². The fraction of sp³-hybridized carbons (Fsp3) is 0.346. The fourth-order valence-corrected chi connectivity index (χ4v) is 5.69. The van der Waals surface area contributed by atoms with Gasteiger partial charge in [0.25, 0.3) is 0 Å². The van der Waals surface area contributed by atoms with E-state index >= 15 is 0 Å². The summed E-state index contributed by atoms with van der Waals surface area (Å²) >= 11 is 7.53. The van der Waals surface area contributed by atoms with E-state index in [2.05, 4.69) is 107 Å². The Morgan fingerprint density at radius 1 is 0.938 bits per heavy atom. The molecule has 6 heteroatoms. The zero-order valence-electron chi connectivity index (χ0n) is 19.0. The number of benzene rings is 2. The van der Waals surface area contributed by atoms with Gasteiger partial charge in [-0.15, -0.1) is 11.3 Å². The van der Waals surface area contributed by atoms with Crippen LogP contribution in [0.3, 0.4) is 0 Å². The lowest BCUT2D eigenvalue weighted by Crippen LogP contribution is -2.52. The zero-order valence-corrected chi connectivity index (χ0v) is 20.7. The van der Waals surface area contributed by atoms with Gasteiger partial charge in [0.05, 0.1) is 6.04 Å². The van der Waals surface area contributed by atoms with E-state index in [4.69, 9.17) is 12.2 Å². The third-order valence-corrected chi connectivity index (χ3v) is 7.51. The van der Waals surface area contributed by atoms with Crippen LogP contribution in [0.25, 0.3) is 0 Å². The smallest absolute Gasteiger partial charge is 0.171 e. The highest BCUT2D eigenvalue weighted by molar-refractivity contribution is 7.80. The first-order valence-electron chi connectivity index (χ1n) is 11.2. The summed E-state index contributed by atoms with van der Waals surface area (Å²) < 4.78 is 0. The minimum atomic E-state index is 0.182. The molecule has 2 heterocycles. The molecule has 1 aliphatic heterocycles. The third-order valence-electron chi connectivity index (χ3n) is 6.35. The maximum Gasteiger partial charge on any atom is 0.171 e. The topological polar surface area (TPSA) is 30.5 Å². The van der Waals surface area contributed by atoms with Crippen molar-refractivity contribution < 1.29 is 0 Å². The number of nitrogens with zero attached hydrogens (tertiary/aromatic N) is 2. The van der Waals surface area contributed by atoms with Crippen LogP contribution in [0.4, 0.5) is 11.4 Å². The van der Waals surface area contributed by atoms with E-state index in [1.807, 2.05) is 11.3 Å². The van der Waals surface area contributed by atoms with Crippen molar-refractivity contribution in [3.05, 3.63) is 82.0 Å². The van der Waals surface area contributed by atoms with E-state index in [0.717, 1.165) is 31.9 Å². The molecule has 2 unspecified atom stereocenters. The largest absolute Gasteiger partial charge is 0.369 e. The molecule has 1 aromatic heterocycles. The fourth-order valence-electron chi connectivity index (χ4n) is 4.43. The second-order valence-electron chi connectivity index (χ2n) is 8.45. The summed E-state index contributed by atoms with van der Waals surface area (Å²) in [7, 11) is 0. The Morgan fingerprint density at radius 3 is 2.38 bits per heavy atom. The second kappa shape index (κ2) is 10.5. The third kappa shape index (κ3) is 5.31. The van der Waals surface area contributed by atoms with Gasteiger partial charge in [0, 0.05) is 48.5 Å². The normalized spacial score (nSPS) is 16.4. The molecule has 0 radical (unpaired) electrons. The average molecular weight is 465 g/mol. The highest BCUT2D eigenvalue weighted by Crippen LogP contribution is 2.30. The molecule has 2 N–H and O–H groups in total. The van der Waals surface area contributed by atoms with E-state index in [1.54, 1.807) is 0 Å². The summed E-state index contributed by atoms with van der Waals surface area (Å²) in [5.41, 5.74) is 4.87. The Balaban J connectivity index is 1.43. The van der Waals surface area contributed by atoms with Crippen molar-refractivity contribution in [1.82, 2.24) is 10.2 Å². The lowest BCUT2D eigenvalue weighted by atomic mass is 10.0. The van der Waals surface area contributed by atoms with Crippen LogP contribution in [-0.2, 0) is 0 Å². The molecule has 3 aromatic rings. The predicted octanol–water partition coefficient (Wildman–Crippen LogP) is 5.60. The first-order chi connectivity index (χ1) is 15.5. The first-order valence-corrected chi connectivity index (χ1v) is 12.5. The Labute approximate surface area is 201 Å². The summed E-state index contributed by atoms with van der Waals surface area (Å²) in [6.07, 6.45) is 0. The number of thiophene rings is 1. The molecular formula is C26H32N4S2. The van der Waals surface area contributed by atoms with E-state index < -0.39 is 0 Å². The van der Waals surface area contributed by atoms with Crippen molar-refractivity contribution in [2.75, 3.05) is 36.4 Å². The molecule has 4 rings (SSSR count). The number of hydrogen-bond acceptors (Lipinski definition) is 4. The van der Waals surface area contributed by atoms with Gasteiger partial charge in [-0.2, -0.15) is 0 Å². The summed E-state index contributed by atoms with van der Waals surface area (Å²) in [6.45, 7) is 10.6. The number of piperazine rings is 1. The summed E-state index contributed by atoms with van der Waals surface area (Å²) in [5.74, 6) is 0. The maximum atomic E-state index is 5.70. The van der Waals surface area contributed by atoms with Gasteiger partial charge in [0.1, 0.15) is 0 Å². The molecule has 32 heavy (non-hydrogen) atoms. The monoisotopic (exact) mass is 464 g/mol. The minimum absolute atomic E-state index is 0.182. The number of nitrogens with one attached hydrogen (secondary N) is 2. The van der Waals surface area contributed by atoms with Crippen molar-refractivity contribution in [2.24, 2.45) is 0 Å². The van der Waals surface area contributed by atoms with E-state index in [9.17, 15) is 0 Å². The molecule has 1 saturated heterocycles. The number of thiocarbonyl (C=S) groups is 1. The van der Waals surface area contributed by atoms with E-state index in [1.165, 1.54) is 21.7 Å². The first kappa shape index (κ1) is 22.8. The number of rotatable bonds is 6. The molecule has 2 aromatic carbocycles. The molecule has 168 valence electrons. The molecule has 0 saturated carbocycles. The van der Waals surface area contributed by atoms with Crippen LogP contribution in [0.15, 0.2) is 66.0 Å². The van der Waals surface area contributed by atoms with Crippen molar-refractivity contribution in [3.63, 3.8) is 0 Å². The molecule has 4 nitrogen and oxygen atoms in total. The molecule has 0 bridgehead atoms. The molecule has 2 atom stereocenters.